The summed E-state index contributed by atoms with van der Waals surface area (Å²) in [6, 6.07) is 0. The summed E-state index contributed by atoms with van der Waals surface area (Å²) in [6.07, 6.45) is 3.84. The molecule has 0 radical (unpaired) electrons. The third-order valence-electron chi connectivity index (χ3n) is 2.45. The van der Waals surface area contributed by atoms with Gasteiger partial charge in [0.2, 0.25) is 0 Å². The fourth-order valence-corrected chi connectivity index (χ4v) is 1.63. The lowest BCUT2D eigenvalue weighted by atomic mass is 10.3. The molecule has 0 atom stereocenters. The topological polar surface area (TPSA) is 41.1 Å². The first-order chi connectivity index (χ1) is 6.84. The normalized spacial score (nSPS) is 18.4. The van der Waals surface area contributed by atoms with Gasteiger partial charge in [-0.2, -0.15) is 0 Å². The Morgan fingerprint density at radius 2 is 1.93 bits per heavy atom. The van der Waals surface area contributed by atoms with Gasteiger partial charge < -0.3 is 5.32 Å². The van der Waals surface area contributed by atoms with Gasteiger partial charge in [0.1, 0.15) is 5.82 Å². The van der Waals surface area contributed by atoms with E-state index in [1.54, 1.807) is 0 Å². The summed E-state index contributed by atoms with van der Waals surface area (Å²) in [5.41, 5.74) is 1.21. The fourth-order valence-electron chi connectivity index (χ4n) is 1.63. The first-order valence-electron chi connectivity index (χ1n) is 5.05. The summed E-state index contributed by atoms with van der Waals surface area (Å²) in [6.45, 7) is 7.30. The van der Waals surface area contributed by atoms with Crippen LogP contribution in [0.2, 0.25) is 0 Å². The van der Waals surface area contributed by atoms with Gasteiger partial charge in [-0.25, -0.2) is 9.97 Å². The quantitative estimate of drug-likeness (QED) is 0.726. The van der Waals surface area contributed by atoms with E-state index < -0.39 is 0 Å². The molecule has 2 heterocycles. The maximum Gasteiger partial charge on any atom is 0.125 e. The van der Waals surface area contributed by atoms with E-state index >= 15 is 0 Å². The van der Waals surface area contributed by atoms with E-state index in [0.29, 0.717) is 0 Å². The minimum absolute atomic E-state index is 0.842. The third-order valence-corrected chi connectivity index (χ3v) is 2.45. The van der Waals surface area contributed by atoms with Crippen LogP contribution in [-0.4, -0.2) is 41.0 Å². The molecule has 0 bridgehead atoms. The number of rotatable bonds is 2. The molecule has 0 saturated carbocycles. The van der Waals surface area contributed by atoms with Gasteiger partial charge in [0.25, 0.3) is 0 Å². The molecular formula is C10H16N4. The van der Waals surface area contributed by atoms with Crippen LogP contribution in [0.4, 0.5) is 0 Å². The number of nitrogens with one attached hydrogen (secondary N) is 1. The van der Waals surface area contributed by atoms with E-state index in [-0.39, 0.29) is 0 Å². The van der Waals surface area contributed by atoms with E-state index in [0.717, 1.165) is 38.5 Å². The van der Waals surface area contributed by atoms with Crippen LogP contribution in [0.25, 0.3) is 0 Å². The van der Waals surface area contributed by atoms with Gasteiger partial charge in [0, 0.05) is 50.7 Å². The van der Waals surface area contributed by atoms with Gasteiger partial charge in [-0.05, 0) is 6.92 Å². The van der Waals surface area contributed by atoms with E-state index in [2.05, 4.69) is 20.2 Å². The highest BCUT2D eigenvalue weighted by Gasteiger charge is 2.09. The van der Waals surface area contributed by atoms with Crippen molar-refractivity contribution in [3.8, 4) is 0 Å². The molecule has 0 amide bonds. The molecule has 14 heavy (non-hydrogen) atoms. The molecule has 1 N–H and O–H groups in total. The standard InChI is InChI=1S/C10H16N4/c1-9-12-6-10(7-13-9)8-14-4-2-11-3-5-14/h6-7,11H,2-5,8H2,1H3. The number of aryl methyl sites for hydroxylation is 1. The van der Waals surface area contributed by atoms with E-state index in [1.165, 1.54) is 5.56 Å². The van der Waals surface area contributed by atoms with Gasteiger partial charge in [0.05, 0.1) is 0 Å². The Balaban J connectivity index is 1.92. The van der Waals surface area contributed by atoms with Crippen LogP contribution in [0.15, 0.2) is 12.4 Å². The molecular weight excluding hydrogens is 176 g/mol. The molecule has 0 aromatic carbocycles. The lowest BCUT2D eigenvalue weighted by Gasteiger charge is -2.26. The molecule has 1 saturated heterocycles. The van der Waals surface area contributed by atoms with Gasteiger partial charge in [-0.15, -0.1) is 0 Å². The van der Waals surface area contributed by atoms with Crippen molar-refractivity contribution in [1.29, 1.82) is 0 Å². The Hall–Kier alpha value is -1.00. The van der Waals surface area contributed by atoms with Gasteiger partial charge >= 0.3 is 0 Å². The monoisotopic (exact) mass is 192 g/mol. The average Bonchev–Trinajstić information content (AvgIpc) is 2.23. The van der Waals surface area contributed by atoms with Crippen molar-refractivity contribution < 1.29 is 0 Å². The first kappa shape index (κ1) is 9.55. The summed E-state index contributed by atoms with van der Waals surface area (Å²) in [5, 5.41) is 3.34. The summed E-state index contributed by atoms with van der Waals surface area (Å²) < 4.78 is 0. The third kappa shape index (κ3) is 2.49. The Morgan fingerprint density at radius 1 is 1.29 bits per heavy atom. The largest absolute Gasteiger partial charge is 0.314 e. The molecule has 1 aliphatic heterocycles. The molecule has 1 aromatic heterocycles. The Labute approximate surface area is 84.4 Å². The summed E-state index contributed by atoms with van der Waals surface area (Å²) in [7, 11) is 0. The summed E-state index contributed by atoms with van der Waals surface area (Å²) in [4.78, 5) is 10.8. The highest BCUT2D eigenvalue weighted by molar-refractivity contribution is 5.04. The lowest BCUT2D eigenvalue weighted by Crippen LogP contribution is -2.42. The van der Waals surface area contributed by atoms with Gasteiger partial charge in [-0.3, -0.25) is 4.90 Å². The van der Waals surface area contributed by atoms with E-state index in [4.69, 9.17) is 0 Å². The average molecular weight is 192 g/mol. The Kier molecular flexibility index (Phi) is 3.06. The van der Waals surface area contributed by atoms with Crippen molar-refractivity contribution in [2.24, 2.45) is 0 Å². The van der Waals surface area contributed by atoms with Crippen LogP contribution < -0.4 is 5.32 Å². The number of aromatic nitrogens is 2. The van der Waals surface area contributed by atoms with Crippen molar-refractivity contribution >= 4 is 0 Å². The SMILES string of the molecule is Cc1ncc(CN2CCNCC2)cn1. The second-order valence-corrected chi connectivity index (χ2v) is 3.66. The molecule has 0 aliphatic carbocycles. The van der Waals surface area contributed by atoms with E-state index in [9.17, 15) is 0 Å². The highest BCUT2D eigenvalue weighted by Crippen LogP contribution is 2.02. The van der Waals surface area contributed by atoms with Gasteiger partial charge in [-0.1, -0.05) is 0 Å². The van der Waals surface area contributed by atoms with Crippen LogP contribution in [-0.2, 0) is 6.54 Å². The second kappa shape index (κ2) is 4.48. The summed E-state index contributed by atoms with van der Waals surface area (Å²) >= 11 is 0. The zero-order valence-electron chi connectivity index (χ0n) is 8.53. The predicted molar refractivity (Wildman–Crippen MR) is 54.9 cm³/mol. The molecule has 4 heteroatoms. The van der Waals surface area contributed by atoms with Crippen LogP contribution in [0.5, 0.6) is 0 Å². The molecule has 0 unspecified atom stereocenters. The lowest BCUT2D eigenvalue weighted by molar-refractivity contribution is 0.232. The molecule has 1 aliphatic rings. The molecule has 0 spiro atoms. The maximum atomic E-state index is 4.19. The smallest absolute Gasteiger partial charge is 0.125 e. The zero-order chi connectivity index (χ0) is 9.80. The first-order valence-corrected chi connectivity index (χ1v) is 5.05. The van der Waals surface area contributed by atoms with Crippen molar-refractivity contribution in [3.05, 3.63) is 23.8 Å². The van der Waals surface area contributed by atoms with Crippen molar-refractivity contribution in [1.82, 2.24) is 20.2 Å². The minimum atomic E-state index is 0.842. The van der Waals surface area contributed by atoms with Crippen molar-refractivity contribution in [2.75, 3.05) is 26.2 Å². The van der Waals surface area contributed by atoms with Crippen LogP contribution in [0.1, 0.15) is 11.4 Å². The fraction of sp³-hybridized carbons (Fsp3) is 0.600. The van der Waals surface area contributed by atoms with E-state index in [1.807, 2.05) is 19.3 Å². The number of hydrogen-bond donors (Lipinski definition) is 1. The van der Waals surface area contributed by atoms with Crippen LogP contribution in [0.3, 0.4) is 0 Å². The Morgan fingerprint density at radius 3 is 2.57 bits per heavy atom. The number of nitrogens with zero attached hydrogens (tertiary/aromatic N) is 3. The van der Waals surface area contributed by atoms with Crippen molar-refractivity contribution in [2.45, 2.75) is 13.5 Å². The van der Waals surface area contributed by atoms with Crippen molar-refractivity contribution in [3.63, 3.8) is 0 Å². The number of hydrogen-bond acceptors (Lipinski definition) is 4. The van der Waals surface area contributed by atoms with Crippen LogP contribution >= 0.6 is 0 Å². The minimum Gasteiger partial charge on any atom is -0.314 e. The molecule has 76 valence electrons. The Bertz CT molecular complexity index is 277. The highest BCUT2D eigenvalue weighted by atomic mass is 15.2. The zero-order valence-corrected chi connectivity index (χ0v) is 8.53. The summed E-state index contributed by atoms with van der Waals surface area (Å²) in [5.74, 6) is 0.842. The molecule has 1 aromatic rings. The van der Waals surface area contributed by atoms with Gasteiger partial charge in [0.15, 0.2) is 0 Å². The molecule has 2 rings (SSSR count). The maximum absolute atomic E-state index is 4.19. The molecule has 4 nitrogen and oxygen atoms in total. The second-order valence-electron chi connectivity index (χ2n) is 3.66. The van der Waals surface area contributed by atoms with Crippen LogP contribution in [0, 0.1) is 6.92 Å². The number of piperazine rings is 1. The molecule has 1 fully saturated rings. The predicted octanol–water partition coefficient (Wildman–Crippen LogP) is 0.190.